The summed E-state index contributed by atoms with van der Waals surface area (Å²) >= 11 is 0. The molecular weight excluding hydrogens is 240 g/mol. The van der Waals surface area contributed by atoms with Crippen LogP contribution in [0.5, 0.6) is 0 Å². The molecule has 3 rings (SSSR count). The quantitative estimate of drug-likeness (QED) is 0.665. The summed E-state index contributed by atoms with van der Waals surface area (Å²) in [5, 5.41) is 0. The maximum absolute atomic E-state index is 12.4. The minimum Gasteiger partial charge on any atom is -0.287 e. The number of fused-ring (bicyclic) bond motifs is 2. The highest BCUT2D eigenvalue weighted by atomic mass is 16.1. The van der Waals surface area contributed by atoms with Crippen molar-refractivity contribution in [1.29, 1.82) is 0 Å². The lowest BCUT2D eigenvalue weighted by Crippen LogP contribution is -2.24. The molecule has 2 aromatic rings. The molecule has 1 aliphatic carbocycles. The number of nitrogens with zero attached hydrogens (tertiary/aromatic N) is 2. The summed E-state index contributed by atoms with van der Waals surface area (Å²) in [6.45, 7) is 3.76. The van der Waals surface area contributed by atoms with Crippen molar-refractivity contribution in [3.05, 3.63) is 58.2 Å². The minimum absolute atomic E-state index is 0.215. The number of aromatic nitrogens is 2. The number of pyridine rings is 2. The Hall–Kier alpha value is -2.36. The molecule has 4 heteroatoms. The van der Waals surface area contributed by atoms with Gasteiger partial charge in [0.05, 0.1) is 11.1 Å². The van der Waals surface area contributed by atoms with E-state index in [1.165, 1.54) is 0 Å². The fourth-order valence-corrected chi connectivity index (χ4v) is 2.22. The van der Waals surface area contributed by atoms with E-state index in [1.807, 2.05) is 6.92 Å². The third kappa shape index (κ3) is 1.68. The van der Waals surface area contributed by atoms with Gasteiger partial charge in [-0.25, -0.2) is 9.97 Å². The Bertz CT molecular complexity index is 720. The van der Waals surface area contributed by atoms with Gasteiger partial charge in [-0.15, -0.1) is 0 Å². The fourth-order valence-electron chi connectivity index (χ4n) is 2.22. The second kappa shape index (κ2) is 4.09. The molecule has 4 nitrogen and oxygen atoms in total. The molecule has 0 atom stereocenters. The summed E-state index contributed by atoms with van der Waals surface area (Å²) in [6, 6.07) is 6.85. The number of carbonyl (C=O) groups excluding carboxylic acids is 2. The molecule has 0 aromatic carbocycles. The molecule has 19 heavy (non-hydrogen) atoms. The van der Waals surface area contributed by atoms with Gasteiger partial charge in [-0.05, 0) is 37.6 Å². The molecule has 2 aromatic heterocycles. The van der Waals surface area contributed by atoms with Gasteiger partial charge < -0.3 is 0 Å². The Balaban J connectivity index is 2.26. The van der Waals surface area contributed by atoms with Gasteiger partial charge in [-0.3, -0.25) is 9.59 Å². The number of ketones is 2. The highest BCUT2D eigenvalue weighted by Gasteiger charge is 2.32. The standard InChI is InChI=1S/C15H12N2O2/c1-3-9-5-7-11-13(17-9)15(19)10-6-4-8(2)16-12(10)14(11)18/h4-7H,3H2,1-2H3. The summed E-state index contributed by atoms with van der Waals surface area (Å²) < 4.78 is 0. The molecule has 0 unspecified atom stereocenters. The van der Waals surface area contributed by atoms with Gasteiger partial charge >= 0.3 is 0 Å². The van der Waals surface area contributed by atoms with Gasteiger partial charge in [0.2, 0.25) is 11.6 Å². The van der Waals surface area contributed by atoms with E-state index in [-0.39, 0.29) is 23.0 Å². The van der Waals surface area contributed by atoms with Crippen LogP contribution < -0.4 is 0 Å². The molecule has 0 saturated heterocycles. The van der Waals surface area contributed by atoms with E-state index < -0.39 is 0 Å². The lowest BCUT2D eigenvalue weighted by Gasteiger charge is -2.16. The zero-order valence-electron chi connectivity index (χ0n) is 10.7. The number of hydrogen-bond acceptors (Lipinski definition) is 4. The maximum atomic E-state index is 12.4. The van der Waals surface area contributed by atoms with Crippen LogP contribution in [-0.2, 0) is 6.42 Å². The second-order valence-corrected chi connectivity index (χ2v) is 4.56. The molecule has 0 fully saturated rings. The van der Waals surface area contributed by atoms with Crippen molar-refractivity contribution in [1.82, 2.24) is 9.97 Å². The normalized spacial score (nSPS) is 13.2. The van der Waals surface area contributed by atoms with Crippen molar-refractivity contribution in [3.8, 4) is 0 Å². The monoisotopic (exact) mass is 252 g/mol. The minimum atomic E-state index is -0.219. The van der Waals surface area contributed by atoms with Gasteiger partial charge in [0.25, 0.3) is 0 Å². The molecule has 0 saturated carbocycles. The highest BCUT2D eigenvalue weighted by molar-refractivity contribution is 6.26. The predicted octanol–water partition coefficient (Wildman–Crippen LogP) is 2.12. The van der Waals surface area contributed by atoms with E-state index in [9.17, 15) is 9.59 Å². The van der Waals surface area contributed by atoms with E-state index in [0.717, 1.165) is 17.8 Å². The van der Waals surface area contributed by atoms with Crippen molar-refractivity contribution in [3.63, 3.8) is 0 Å². The van der Waals surface area contributed by atoms with Gasteiger partial charge in [-0.1, -0.05) is 6.92 Å². The van der Waals surface area contributed by atoms with Crippen molar-refractivity contribution >= 4 is 11.6 Å². The van der Waals surface area contributed by atoms with Crippen molar-refractivity contribution in [2.24, 2.45) is 0 Å². The summed E-state index contributed by atoms with van der Waals surface area (Å²) in [7, 11) is 0. The van der Waals surface area contributed by atoms with Crippen LogP contribution in [0.1, 0.15) is 50.4 Å². The third-order valence-corrected chi connectivity index (χ3v) is 3.27. The largest absolute Gasteiger partial charge is 0.287 e. The first kappa shape index (κ1) is 11.7. The van der Waals surface area contributed by atoms with Crippen LogP contribution in [0.25, 0.3) is 0 Å². The summed E-state index contributed by atoms with van der Waals surface area (Å²) in [6.07, 6.45) is 0.730. The Kier molecular flexibility index (Phi) is 2.52. The van der Waals surface area contributed by atoms with Crippen LogP contribution in [0.4, 0.5) is 0 Å². The zero-order chi connectivity index (χ0) is 13.6. The number of rotatable bonds is 1. The molecule has 0 radical (unpaired) electrons. The highest BCUT2D eigenvalue weighted by Crippen LogP contribution is 2.25. The second-order valence-electron chi connectivity index (χ2n) is 4.56. The summed E-state index contributed by atoms with van der Waals surface area (Å²) in [5.74, 6) is -0.434. The summed E-state index contributed by atoms with van der Waals surface area (Å²) in [4.78, 5) is 33.2. The van der Waals surface area contributed by atoms with Crippen molar-refractivity contribution in [2.75, 3.05) is 0 Å². The molecule has 0 spiro atoms. The smallest absolute Gasteiger partial charge is 0.214 e. The first-order chi connectivity index (χ1) is 9.11. The van der Waals surface area contributed by atoms with Crippen LogP contribution in [0.15, 0.2) is 24.3 Å². The van der Waals surface area contributed by atoms with Crippen LogP contribution in [-0.4, -0.2) is 21.5 Å². The van der Waals surface area contributed by atoms with E-state index >= 15 is 0 Å². The lowest BCUT2D eigenvalue weighted by molar-refractivity contribution is 0.0971. The number of hydrogen-bond donors (Lipinski definition) is 0. The predicted molar refractivity (Wildman–Crippen MR) is 69.5 cm³/mol. The molecule has 1 aliphatic rings. The summed E-state index contributed by atoms with van der Waals surface area (Å²) in [5.41, 5.74) is 2.73. The Labute approximate surface area is 110 Å². The average Bonchev–Trinajstić information content (AvgIpc) is 2.44. The van der Waals surface area contributed by atoms with Gasteiger partial charge in [0.1, 0.15) is 11.4 Å². The lowest BCUT2D eigenvalue weighted by atomic mass is 9.90. The average molecular weight is 252 g/mol. The molecule has 0 N–H and O–H groups in total. The molecule has 0 amide bonds. The Morgan fingerprint density at radius 2 is 1.47 bits per heavy atom. The topological polar surface area (TPSA) is 59.9 Å². The van der Waals surface area contributed by atoms with Crippen molar-refractivity contribution in [2.45, 2.75) is 20.3 Å². The van der Waals surface area contributed by atoms with Crippen LogP contribution in [0.3, 0.4) is 0 Å². The van der Waals surface area contributed by atoms with E-state index in [1.54, 1.807) is 31.2 Å². The number of aryl methyl sites for hydroxylation is 2. The maximum Gasteiger partial charge on any atom is 0.214 e. The molecule has 0 aliphatic heterocycles. The molecule has 0 bridgehead atoms. The van der Waals surface area contributed by atoms with Crippen LogP contribution in [0, 0.1) is 6.92 Å². The fraction of sp³-hybridized carbons (Fsp3) is 0.200. The number of carbonyl (C=O) groups is 2. The Morgan fingerprint density at radius 1 is 0.895 bits per heavy atom. The van der Waals surface area contributed by atoms with Crippen LogP contribution in [0.2, 0.25) is 0 Å². The van der Waals surface area contributed by atoms with Crippen LogP contribution >= 0.6 is 0 Å². The molecule has 94 valence electrons. The first-order valence-corrected chi connectivity index (χ1v) is 6.18. The van der Waals surface area contributed by atoms with Gasteiger partial charge in [-0.2, -0.15) is 0 Å². The third-order valence-electron chi connectivity index (χ3n) is 3.27. The van der Waals surface area contributed by atoms with E-state index in [4.69, 9.17) is 0 Å². The van der Waals surface area contributed by atoms with Crippen molar-refractivity contribution < 1.29 is 9.59 Å². The van der Waals surface area contributed by atoms with E-state index in [0.29, 0.717) is 11.1 Å². The zero-order valence-corrected chi connectivity index (χ0v) is 10.7. The van der Waals surface area contributed by atoms with Gasteiger partial charge in [0, 0.05) is 11.4 Å². The SMILES string of the molecule is CCc1ccc2c(n1)C(=O)c1ccc(C)nc1C2=O. The van der Waals surface area contributed by atoms with Gasteiger partial charge in [0.15, 0.2) is 0 Å². The van der Waals surface area contributed by atoms with E-state index in [2.05, 4.69) is 9.97 Å². The molecule has 2 heterocycles. The Morgan fingerprint density at radius 3 is 2.11 bits per heavy atom. The first-order valence-electron chi connectivity index (χ1n) is 6.18. The molecular formula is C15H12N2O2.